The van der Waals surface area contributed by atoms with Gasteiger partial charge in [-0.3, -0.25) is 9.78 Å². The number of para-hydroxylation sites is 2. The van der Waals surface area contributed by atoms with Crippen LogP contribution in [0.1, 0.15) is 12.8 Å². The van der Waals surface area contributed by atoms with Gasteiger partial charge < -0.3 is 15.8 Å². The van der Waals surface area contributed by atoms with Gasteiger partial charge in [0.05, 0.1) is 29.2 Å². The predicted octanol–water partition coefficient (Wildman–Crippen LogP) is 3.11. The Morgan fingerprint density at radius 1 is 1.33 bits per heavy atom. The van der Waals surface area contributed by atoms with Crippen LogP contribution in [0.3, 0.4) is 0 Å². The second kappa shape index (κ2) is 7.50. The van der Waals surface area contributed by atoms with Crippen molar-refractivity contribution in [2.45, 2.75) is 12.8 Å². The van der Waals surface area contributed by atoms with Crippen molar-refractivity contribution in [3.8, 4) is 5.75 Å². The normalized spacial score (nSPS) is 10.1. The number of amides is 1. The molecule has 0 aliphatic carbocycles. The van der Waals surface area contributed by atoms with E-state index in [9.17, 15) is 4.79 Å². The number of anilines is 2. The van der Waals surface area contributed by atoms with Crippen molar-refractivity contribution in [3.05, 3.63) is 47.7 Å². The maximum atomic E-state index is 11.8. The minimum absolute atomic E-state index is 0.0966. The number of hydrogen-bond acceptors (Lipinski definition) is 4. The van der Waals surface area contributed by atoms with Gasteiger partial charge in [0.25, 0.3) is 0 Å². The number of pyridine rings is 1. The van der Waals surface area contributed by atoms with Crippen LogP contribution in [0, 0.1) is 0 Å². The molecule has 21 heavy (non-hydrogen) atoms. The molecule has 0 unspecified atom stereocenters. The summed E-state index contributed by atoms with van der Waals surface area (Å²) in [4.78, 5) is 15.7. The maximum Gasteiger partial charge on any atom is 0.224 e. The number of nitrogen functional groups attached to an aromatic ring is 1. The topological polar surface area (TPSA) is 77.2 Å². The Kier molecular flexibility index (Phi) is 5.40. The third-order valence-corrected chi connectivity index (χ3v) is 2.94. The highest BCUT2D eigenvalue weighted by atomic mass is 35.5. The van der Waals surface area contributed by atoms with E-state index < -0.39 is 0 Å². The van der Waals surface area contributed by atoms with Crippen LogP contribution in [0.15, 0.2) is 42.7 Å². The van der Waals surface area contributed by atoms with Crippen molar-refractivity contribution >= 4 is 28.9 Å². The lowest BCUT2D eigenvalue weighted by molar-refractivity contribution is -0.116. The number of rotatable bonds is 6. The molecule has 0 saturated heterocycles. The third-order valence-electron chi connectivity index (χ3n) is 2.73. The zero-order valence-electron chi connectivity index (χ0n) is 11.4. The summed E-state index contributed by atoms with van der Waals surface area (Å²) in [5, 5.41) is 3.28. The lowest BCUT2D eigenvalue weighted by Gasteiger charge is -2.08. The van der Waals surface area contributed by atoms with Crippen LogP contribution in [-0.4, -0.2) is 17.5 Å². The molecule has 2 aromatic rings. The first-order valence-electron chi connectivity index (χ1n) is 6.53. The Labute approximate surface area is 128 Å². The van der Waals surface area contributed by atoms with Gasteiger partial charge in [-0.05, 0) is 18.6 Å². The van der Waals surface area contributed by atoms with E-state index in [0.29, 0.717) is 41.6 Å². The first kappa shape index (κ1) is 15.1. The van der Waals surface area contributed by atoms with Crippen LogP contribution in [0.4, 0.5) is 11.4 Å². The van der Waals surface area contributed by atoms with Crippen LogP contribution in [0.5, 0.6) is 5.75 Å². The number of nitrogens with zero attached hydrogens (tertiary/aromatic N) is 1. The summed E-state index contributed by atoms with van der Waals surface area (Å²) in [5.74, 6) is 0.496. The molecule has 1 heterocycles. The molecule has 6 heteroatoms. The molecule has 0 fully saturated rings. The van der Waals surface area contributed by atoms with Gasteiger partial charge in [-0.25, -0.2) is 0 Å². The summed E-state index contributed by atoms with van der Waals surface area (Å²) in [5.41, 5.74) is 6.93. The van der Waals surface area contributed by atoms with Crippen molar-refractivity contribution in [1.29, 1.82) is 0 Å². The molecular weight excluding hydrogens is 290 g/mol. The third kappa shape index (κ3) is 4.96. The Hall–Kier alpha value is -2.27. The summed E-state index contributed by atoms with van der Waals surface area (Å²) in [7, 11) is 0. The standard InChI is InChI=1S/C15H16ClN3O2/c16-11-8-12(10-18-9-11)21-7-3-6-15(20)19-14-5-2-1-4-13(14)17/h1-2,4-5,8-10H,3,6-7,17H2,(H,19,20). The fourth-order valence-electron chi connectivity index (χ4n) is 1.72. The number of aromatic nitrogens is 1. The van der Waals surface area contributed by atoms with Crippen LogP contribution in [0.2, 0.25) is 5.02 Å². The van der Waals surface area contributed by atoms with Crippen LogP contribution < -0.4 is 15.8 Å². The first-order chi connectivity index (χ1) is 10.1. The van der Waals surface area contributed by atoms with Crippen molar-refractivity contribution in [2.24, 2.45) is 0 Å². The van der Waals surface area contributed by atoms with Gasteiger partial charge in [-0.2, -0.15) is 0 Å². The zero-order valence-corrected chi connectivity index (χ0v) is 12.1. The number of nitrogens with two attached hydrogens (primary N) is 1. The van der Waals surface area contributed by atoms with E-state index in [0.717, 1.165) is 0 Å². The Bertz CT molecular complexity index is 619. The van der Waals surface area contributed by atoms with Crippen LogP contribution in [0.25, 0.3) is 0 Å². The highest BCUT2D eigenvalue weighted by Gasteiger charge is 2.05. The van der Waals surface area contributed by atoms with Crippen molar-refractivity contribution in [3.63, 3.8) is 0 Å². The van der Waals surface area contributed by atoms with Gasteiger partial charge >= 0.3 is 0 Å². The average Bonchev–Trinajstić information content (AvgIpc) is 2.46. The number of halogens is 1. The van der Waals surface area contributed by atoms with Gasteiger partial charge in [-0.15, -0.1) is 0 Å². The van der Waals surface area contributed by atoms with E-state index >= 15 is 0 Å². The molecule has 2 rings (SSSR count). The number of hydrogen-bond donors (Lipinski definition) is 2. The fraction of sp³-hybridized carbons (Fsp3) is 0.200. The average molecular weight is 306 g/mol. The van der Waals surface area contributed by atoms with Crippen LogP contribution >= 0.6 is 11.6 Å². The second-order valence-electron chi connectivity index (χ2n) is 4.43. The fourth-order valence-corrected chi connectivity index (χ4v) is 1.88. The van der Waals surface area contributed by atoms with Crippen molar-refractivity contribution in [2.75, 3.05) is 17.7 Å². The molecular formula is C15H16ClN3O2. The van der Waals surface area contributed by atoms with E-state index in [1.165, 1.54) is 6.20 Å². The van der Waals surface area contributed by atoms with E-state index in [1.54, 1.807) is 24.4 Å². The number of carbonyl (C=O) groups excluding carboxylic acids is 1. The molecule has 0 aliphatic rings. The minimum Gasteiger partial charge on any atom is -0.492 e. The SMILES string of the molecule is Nc1ccccc1NC(=O)CCCOc1cncc(Cl)c1. The van der Waals surface area contributed by atoms with E-state index in [4.69, 9.17) is 22.1 Å². The van der Waals surface area contributed by atoms with Crippen molar-refractivity contribution in [1.82, 2.24) is 4.98 Å². The molecule has 1 amide bonds. The molecule has 3 N–H and O–H groups in total. The summed E-state index contributed by atoms with van der Waals surface area (Å²) < 4.78 is 5.46. The number of ether oxygens (including phenoxy) is 1. The lowest BCUT2D eigenvalue weighted by Crippen LogP contribution is -2.13. The van der Waals surface area contributed by atoms with Gasteiger partial charge in [0.1, 0.15) is 5.75 Å². The molecule has 0 aliphatic heterocycles. The summed E-state index contributed by atoms with van der Waals surface area (Å²) >= 11 is 5.79. The second-order valence-corrected chi connectivity index (χ2v) is 4.86. The molecule has 0 saturated carbocycles. The van der Waals surface area contributed by atoms with Gasteiger partial charge in [0.15, 0.2) is 0 Å². The number of nitrogens with one attached hydrogen (secondary N) is 1. The maximum absolute atomic E-state index is 11.8. The Morgan fingerprint density at radius 2 is 2.14 bits per heavy atom. The van der Waals surface area contributed by atoms with E-state index in [-0.39, 0.29) is 5.91 Å². The van der Waals surface area contributed by atoms with E-state index in [2.05, 4.69) is 10.3 Å². The Morgan fingerprint density at radius 3 is 2.90 bits per heavy atom. The summed E-state index contributed by atoms with van der Waals surface area (Å²) in [6.45, 7) is 0.416. The largest absolute Gasteiger partial charge is 0.492 e. The molecule has 5 nitrogen and oxygen atoms in total. The zero-order chi connectivity index (χ0) is 15.1. The monoisotopic (exact) mass is 305 g/mol. The van der Waals surface area contributed by atoms with E-state index in [1.807, 2.05) is 12.1 Å². The molecule has 0 spiro atoms. The van der Waals surface area contributed by atoms with Crippen molar-refractivity contribution < 1.29 is 9.53 Å². The molecule has 1 aromatic carbocycles. The Balaban J connectivity index is 1.71. The summed E-state index contributed by atoms with van der Waals surface area (Å²) in [6.07, 6.45) is 4.05. The number of carbonyl (C=O) groups is 1. The molecule has 0 radical (unpaired) electrons. The lowest BCUT2D eigenvalue weighted by atomic mass is 10.2. The summed E-state index contributed by atoms with van der Waals surface area (Å²) in [6, 6.07) is 8.82. The molecule has 1 aromatic heterocycles. The van der Waals surface area contributed by atoms with Gasteiger partial charge in [-0.1, -0.05) is 23.7 Å². The molecule has 110 valence electrons. The quantitative estimate of drug-likeness (QED) is 0.635. The molecule has 0 atom stereocenters. The van der Waals surface area contributed by atoms with Gasteiger partial charge in [0, 0.05) is 18.7 Å². The van der Waals surface area contributed by atoms with Gasteiger partial charge in [0.2, 0.25) is 5.91 Å². The predicted molar refractivity (Wildman–Crippen MR) is 83.5 cm³/mol. The highest BCUT2D eigenvalue weighted by Crippen LogP contribution is 2.17. The first-order valence-corrected chi connectivity index (χ1v) is 6.90. The molecule has 0 bridgehead atoms. The van der Waals surface area contributed by atoms with Crippen LogP contribution in [-0.2, 0) is 4.79 Å². The number of benzene rings is 1. The smallest absolute Gasteiger partial charge is 0.224 e. The highest BCUT2D eigenvalue weighted by molar-refractivity contribution is 6.30. The minimum atomic E-state index is -0.0966.